The second kappa shape index (κ2) is 5.85. The molecule has 0 unspecified atom stereocenters. The Balaban J connectivity index is 1.69. The second-order valence-corrected chi connectivity index (χ2v) is 4.52. The minimum Gasteiger partial charge on any atom is -0.478 e. The summed E-state index contributed by atoms with van der Waals surface area (Å²) in [5, 5.41) is 3.42. The van der Waals surface area contributed by atoms with Crippen LogP contribution in [0.25, 0.3) is 0 Å². The zero-order valence-electron chi connectivity index (χ0n) is 9.91. The van der Waals surface area contributed by atoms with Crippen molar-refractivity contribution in [3.8, 4) is 5.88 Å². The third kappa shape index (κ3) is 3.49. The van der Waals surface area contributed by atoms with E-state index >= 15 is 0 Å². The highest BCUT2D eigenvalue weighted by molar-refractivity contribution is 5.16. The lowest BCUT2D eigenvalue weighted by atomic mass is 9.97. The Labute approximate surface area is 97.2 Å². The standard InChI is InChI=1S/C13H20N2O/c1-11-4-5-13(15-9-11)16-8-6-12-3-2-7-14-10-12/h4-5,9,12,14H,2-3,6-8,10H2,1H3/t12-/m0/s1. The van der Waals surface area contributed by atoms with Gasteiger partial charge in [0.25, 0.3) is 0 Å². The average Bonchev–Trinajstić information content (AvgIpc) is 2.33. The first-order valence-electron chi connectivity index (χ1n) is 6.11. The Morgan fingerprint density at radius 2 is 2.44 bits per heavy atom. The molecular formula is C13H20N2O. The molecule has 0 amide bonds. The molecule has 88 valence electrons. The van der Waals surface area contributed by atoms with Gasteiger partial charge in [0, 0.05) is 12.3 Å². The number of nitrogens with one attached hydrogen (secondary N) is 1. The van der Waals surface area contributed by atoms with Crippen LogP contribution in [0.15, 0.2) is 18.3 Å². The molecule has 1 N–H and O–H groups in total. The van der Waals surface area contributed by atoms with E-state index in [0.717, 1.165) is 31.4 Å². The summed E-state index contributed by atoms with van der Waals surface area (Å²) in [6.45, 7) is 5.13. The normalized spacial score (nSPS) is 20.7. The van der Waals surface area contributed by atoms with E-state index in [0.29, 0.717) is 0 Å². The molecule has 0 radical (unpaired) electrons. The smallest absolute Gasteiger partial charge is 0.213 e. The lowest BCUT2D eigenvalue weighted by Crippen LogP contribution is -2.30. The molecule has 16 heavy (non-hydrogen) atoms. The lowest BCUT2D eigenvalue weighted by molar-refractivity contribution is 0.247. The summed E-state index contributed by atoms with van der Waals surface area (Å²) in [6.07, 6.45) is 5.60. The van der Waals surface area contributed by atoms with Gasteiger partial charge in [-0.3, -0.25) is 0 Å². The van der Waals surface area contributed by atoms with Crippen LogP contribution >= 0.6 is 0 Å². The summed E-state index contributed by atoms with van der Waals surface area (Å²) >= 11 is 0. The molecule has 1 fully saturated rings. The van der Waals surface area contributed by atoms with E-state index < -0.39 is 0 Å². The van der Waals surface area contributed by atoms with Crippen molar-refractivity contribution in [1.29, 1.82) is 0 Å². The predicted octanol–water partition coefficient (Wildman–Crippen LogP) is 2.16. The summed E-state index contributed by atoms with van der Waals surface area (Å²) in [5.41, 5.74) is 1.17. The van der Waals surface area contributed by atoms with Gasteiger partial charge in [-0.15, -0.1) is 0 Å². The van der Waals surface area contributed by atoms with Crippen LogP contribution < -0.4 is 10.1 Å². The van der Waals surface area contributed by atoms with Crippen molar-refractivity contribution < 1.29 is 4.74 Å². The Hall–Kier alpha value is -1.09. The molecule has 0 saturated carbocycles. The highest BCUT2D eigenvalue weighted by Gasteiger charge is 2.12. The van der Waals surface area contributed by atoms with Crippen molar-refractivity contribution in [3.63, 3.8) is 0 Å². The first-order valence-corrected chi connectivity index (χ1v) is 6.11. The van der Waals surface area contributed by atoms with Crippen LogP contribution in [0.3, 0.4) is 0 Å². The van der Waals surface area contributed by atoms with Crippen LogP contribution in [0.5, 0.6) is 5.88 Å². The molecule has 0 aromatic carbocycles. The third-order valence-electron chi connectivity index (χ3n) is 3.06. The van der Waals surface area contributed by atoms with E-state index in [1.54, 1.807) is 0 Å². The van der Waals surface area contributed by atoms with Crippen molar-refractivity contribution >= 4 is 0 Å². The fraction of sp³-hybridized carbons (Fsp3) is 0.615. The molecule has 2 heterocycles. The van der Waals surface area contributed by atoms with Crippen molar-refractivity contribution in [1.82, 2.24) is 10.3 Å². The number of pyridine rings is 1. The number of aryl methyl sites for hydroxylation is 1. The maximum atomic E-state index is 5.62. The first kappa shape index (κ1) is 11.4. The third-order valence-corrected chi connectivity index (χ3v) is 3.06. The zero-order chi connectivity index (χ0) is 11.2. The predicted molar refractivity (Wildman–Crippen MR) is 64.7 cm³/mol. The minimum atomic E-state index is 0.745. The van der Waals surface area contributed by atoms with Crippen LogP contribution in [0.2, 0.25) is 0 Å². The molecule has 0 aliphatic carbocycles. The van der Waals surface area contributed by atoms with Gasteiger partial charge in [-0.2, -0.15) is 0 Å². The summed E-state index contributed by atoms with van der Waals surface area (Å²) in [4.78, 5) is 4.22. The molecule has 1 aliphatic heterocycles. The van der Waals surface area contributed by atoms with Crippen LogP contribution in [0.4, 0.5) is 0 Å². The van der Waals surface area contributed by atoms with Gasteiger partial charge in [-0.1, -0.05) is 6.07 Å². The lowest BCUT2D eigenvalue weighted by Gasteiger charge is -2.22. The number of aromatic nitrogens is 1. The van der Waals surface area contributed by atoms with Gasteiger partial charge in [-0.05, 0) is 50.8 Å². The SMILES string of the molecule is Cc1ccc(OCC[C@@H]2CCCNC2)nc1. The quantitative estimate of drug-likeness (QED) is 0.844. The topological polar surface area (TPSA) is 34.1 Å². The van der Waals surface area contributed by atoms with E-state index in [1.807, 2.05) is 25.3 Å². The fourth-order valence-corrected chi connectivity index (χ4v) is 2.04. The molecule has 2 rings (SSSR count). The van der Waals surface area contributed by atoms with Gasteiger partial charge in [0.2, 0.25) is 5.88 Å². The second-order valence-electron chi connectivity index (χ2n) is 4.52. The van der Waals surface area contributed by atoms with Gasteiger partial charge < -0.3 is 10.1 Å². The number of ether oxygens (including phenoxy) is 1. The van der Waals surface area contributed by atoms with Gasteiger partial charge in [0.15, 0.2) is 0 Å². The van der Waals surface area contributed by atoms with Gasteiger partial charge >= 0.3 is 0 Å². The van der Waals surface area contributed by atoms with E-state index in [-0.39, 0.29) is 0 Å². The molecule has 1 saturated heterocycles. The fourth-order valence-electron chi connectivity index (χ4n) is 2.04. The molecule has 3 heteroatoms. The summed E-state index contributed by atoms with van der Waals surface area (Å²) < 4.78 is 5.62. The largest absolute Gasteiger partial charge is 0.478 e. The number of piperidine rings is 1. The van der Waals surface area contributed by atoms with Gasteiger partial charge in [0.1, 0.15) is 0 Å². The molecule has 1 atom stereocenters. The highest BCUT2D eigenvalue weighted by atomic mass is 16.5. The highest BCUT2D eigenvalue weighted by Crippen LogP contribution is 2.15. The summed E-state index contributed by atoms with van der Waals surface area (Å²) in [5.74, 6) is 1.52. The molecule has 1 aliphatic rings. The van der Waals surface area contributed by atoms with E-state index in [1.165, 1.54) is 24.9 Å². The molecule has 1 aromatic heterocycles. The molecular weight excluding hydrogens is 200 g/mol. The molecule has 1 aromatic rings. The number of hydrogen-bond donors (Lipinski definition) is 1. The van der Waals surface area contributed by atoms with Gasteiger partial charge in [-0.25, -0.2) is 4.98 Å². The van der Waals surface area contributed by atoms with E-state index in [2.05, 4.69) is 10.3 Å². The number of rotatable bonds is 4. The summed E-state index contributed by atoms with van der Waals surface area (Å²) in [6, 6.07) is 3.97. The average molecular weight is 220 g/mol. The van der Waals surface area contributed by atoms with Crippen molar-refractivity contribution in [3.05, 3.63) is 23.9 Å². The Morgan fingerprint density at radius 1 is 1.50 bits per heavy atom. The van der Waals surface area contributed by atoms with E-state index in [4.69, 9.17) is 4.74 Å². The monoisotopic (exact) mass is 220 g/mol. The van der Waals surface area contributed by atoms with Crippen LogP contribution in [0, 0.1) is 12.8 Å². The maximum Gasteiger partial charge on any atom is 0.213 e. The molecule has 0 spiro atoms. The number of nitrogens with zero attached hydrogens (tertiary/aromatic N) is 1. The molecule has 3 nitrogen and oxygen atoms in total. The Morgan fingerprint density at radius 3 is 3.12 bits per heavy atom. The van der Waals surface area contributed by atoms with Crippen molar-refractivity contribution in [2.75, 3.05) is 19.7 Å². The Bertz CT molecular complexity index is 304. The summed E-state index contributed by atoms with van der Waals surface area (Å²) in [7, 11) is 0. The van der Waals surface area contributed by atoms with E-state index in [9.17, 15) is 0 Å². The number of hydrogen-bond acceptors (Lipinski definition) is 3. The molecule has 0 bridgehead atoms. The van der Waals surface area contributed by atoms with Gasteiger partial charge in [0.05, 0.1) is 6.61 Å². The minimum absolute atomic E-state index is 0.745. The zero-order valence-corrected chi connectivity index (χ0v) is 9.91. The Kier molecular flexibility index (Phi) is 4.17. The van der Waals surface area contributed by atoms with Crippen LogP contribution in [0.1, 0.15) is 24.8 Å². The first-order chi connectivity index (χ1) is 7.84. The maximum absolute atomic E-state index is 5.62. The van der Waals surface area contributed by atoms with Crippen LogP contribution in [-0.2, 0) is 0 Å². The van der Waals surface area contributed by atoms with Crippen LogP contribution in [-0.4, -0.2) is 24.7 Å². The van der Waals surface area contributed by atoms with Crippen molar-refractivity contribution in [2.24, 2.45) is 5.92 Å². The van der Waals surface area contributed by atoms with Crippen molar-refractivity contribution in [2.45, 2.75) is 26.2 Å².